The SMILES string of the molecule is COc1ccc(CNC(=O)c2cn[nH]c2)cc1. The molecule has 1 aromatic heterocycles. The summed E-state index contributed by atoms with van der Waals surface area (Å²) < 4.78 is 5.05. The molecule has 0 fully saturated rings. The molecule has 0 aliphatic carbocycles. The second-order valence-electron chi connectivity index (χ2n) is 3.52. The fourth-order valence-corrected chi connectivity index (χ4v) is 1.40. The van der Waals surface area contributed by atoms with Gasteiger partial charge in [-0.25, -0.2) is 0 Å². The zero-order chi connectivity index (χ0) is 12.1. The number of carbonyl (C=O) groups is 1. The van der Waals surface area contributed by atoms with Crippen LogP contribution in [0.1, 0.15) is 15.9 Å². The van der Waals surface area contributed by atoms with Crippen molar-refractivity contribution in [1.82, 2.24) is 15.5 Å². The van der Waals surface area contributed by atoms with Gasteiger partial charge in [0.15, 0.2) is 0 Å². The fraction of sp³-hybridized carbons (Fsp3) is 0.167. The number of rotatable bonds is 4. The quantitative estimate of drug-likeness (QED) is 0.834. The molecule has 0 aliphatic heterocycles. The van der Waals surface area contributed by atoms with Gasteiger partial charge in [-0.3, -0.25) is 9.89 Å². The summed E-state index contributed by atoms with van der Waals surface area (Å²) in [6.07, 6.45) is 3.05. The molecular weight excluding hydrogens is 218 g/mol. The van der Waals surface area contributed by atoms with Crippen molar-refractivity contribution < 1.29 is 9.53 Å². The molecule has 0 bridgehead atoms. The molecule has 5 nitrogen and oxygen atoms in total. The molecule has 1 amide bonds. The van der Waals surface area contributed by atoms with Crippen molar-refractivity contribution in [3.63, 3.8) is 0 Å². The molecule has 5 heteroatoms. The Morgan fingerprint density at radius 1 is 1.41 bits per heavy atom. The monoisotopic (exact) mass is 231 g/mol. The molecule has 0 atom stereocenters. The number of nitrogens with zero attached hydrogens (tertiary/aromatic N) is 1. The maximum absolute atomic E-state index is 11.6. The summed E-state index contributed by atoms with van der Waals surface area (Å²) in [5.41, 5.74) is 1.54. The smallest absolute Gasteiger partial charge is 0.254 e. The van der Waals surface area contributed by atoms with Crippen LogP contribution in [0.4, 0.5) is 0 Å². The third-order valence-electron chi connectivity index (χ3n) is 2.37. The standard InChI is InChI=1S/C12H13N3O2/c1-17-11-4-2-9(3-5-11)6-13-12(16)10-7-14-15-8-10/h2-5,7-8H,6H2,1H3,(H,13,16)(H,14,15). The van der Waals surface area contributed by atoms with Crippen molar-refractivity contribution in [3.8, 4) is 5.75 Å². The highest BCUT2D eigenvalue weighted by atomic mass is 16.5. The van der Waals surface area contributed by atoms with Gasteiger partial charge in [0.25, 0.3) is 5.91 Å². The van der Waals surface area contributed by atoms with Crippen LogP contribution in [0.25, 0.3) is 0 Å². The van der Waals surface area contributed by atoms with Gasteiger partial charge in [-0.05, 0) is 17.7 Å². The maximum Gasteiger partial charge on any atom is 0.254 e. The fourth-order valence-electron chi connectivity index (χ4n) is 1.40. The lowest BCUT2D eigenvalue weighted by Gasteiger charge is -2.05. The maximum atomic E-state index is 11.6. The highest BCUT2D eigenvalue weighted by Crippen LogP contribution is 2.11. The van der Waals surface area contributed by atoms with E-state index in [1.807, 2.05) is 24.3 Å². The lowest BCUT2D eigenvalue weighted by Crippen LogP contribution is -2.22. The minimum Gasteiger partial charge on any atom is -0.497 e. The highest BCUT2D eigenvalue weighted by Gasteiger charge is 2.05. The van der Waals surface area contributed by atoms with E-state index >= 15 is 0 Å². The molecule has 0 radical (unpaired) electrons. The Morgan fingerprint density at radius 2 is 2.18 bits per heavy atom. The van der Waals surface area contributed by atoms with Crippen LogP contribution >= 0.6 is 0 Å². The number of H-pyrrole nitrogens is 1. The molecule has 1 aromatic carbocycles. The number of carbonyl (C=O) groups excluding carboxylic acids is 1. The normalized spacial score (nSPS) is 9.94. The number of benzene rings is 1. The Balaban J connectivity index is 1.91. The molecule has 2 aromatic rings. The van der Waals surface area contributed by atoms with E-state index in [4.69, 9.17) is 4.74 Å². The molecule has 0 aliphatic rings. The number of aromatic amines is 1. The minimum absolute atomic E-state index is 0.144. The lowest BCUT2D eigenvalue weighted by atomic mass is 10.2. The Kier molecular flexibility index (Phi) is 3.40. The van der Waals surface area contributed by atoms with Crippen molar-refractivity contribution in [2.24, 2.45) is 0 Å². The van der Waals surface area contributed by atoms with E-state index in [-0.39, 0.29) is 5.91 Å². The molecule has 0 unspecified atom stereocenters. The summed E-state index contributed by atoms with van der Waals surface area (Å²) >= 11 is 0. The highest BCUT2D eigenvalue weighted by molar-refractivity contribution is 5.93. The van der Waals surface area contributed by atoms with Crippen molar-refractivity contribution >= 4 is 5.91 Å². The lowest BCUT2D eigenvalue weighted by molar-refractivity contribution is 0.0951. The van der Waals surface area contributed by atoms with Gasteiger partial charge in [0.2, 0.25) is 0 Å². The number of methoxy groups -OCH3 is 1. The third-order valence-corrected chi connectivity index (χ3v) is 2.37. The molecule has 88 valence electrons. The number of hydrogen-bond acceptors (Lipinski definition) is 3. The second kappa shape index (κ2) is 5.16. The van der Waals surface area contributed by atoms with E-state index < -0.39 is 0 Å². The Hall–Kier alpha value is -2.30. The number of ether oxygens (including phenoxy) is 1. The Morgan fingerprint density at radius 3 is 2.76 bits per heavy atom. The van der Waals surface area contributed by atoms with E-state index in [1.54, 1.807) is 13.3 Å². The van der Waals surface area contributed by atoms with E-state index in [0.717, 1.165) is 11.3 Å². The van der Waals surface area contributed by atoms with Crippen LogP contribution in [0.2, 0.25) is 0 Å². The largest absolute Gasteiger partial charge is 0.497 e. The minimum atomic E-state index is -0.144. The topological polar surface area (TPSA) is 67.0 Å². The molecule has 2 N–H and O–H groups in total. The number of hydrogen-bond donors (Lipinski definition) is 2. The van der Waals surface area contributed by atoms with Gasteiger partial charge in [-0.15, -0.1) is 0 Å². The van der Waals surface area contributed by atoms with E-state index in [9.17, 15) is 4.79 Å². The number of nitrogens with one attached hydrogen (secondary N) is 2. The second-order valence-corrected chi connectivity index (χ2v) is 3.52. The van der Waals surface area contributed by atoms with E-state index in [2.05, 4.69) is 15.5 Å². The number of amides is 1. The van der Waals surface area contributed by atoms with E-state index in [1.165, 1.54) is 6.20 Å². The van der Waals surface area contributed by atoms with Crippen molar-refractivity contribution in [2.75, 3.05) is 7.11 Å². The molecule has 17 heavy (non-hydrogen) atoms. The summed E-state index contributed by atoms with van der Waals surface area (Å²) in [4.78, 5) is 11.6. The average Bonchev–Trinajstić information content (AvgIpc) is 2.90. The third kappa shape index (κ3) is 2.84. The van der Waals surface area contributed by atoms with Gasteiger partial charge in [-0.1, -0.05) is 12.1 Å². The van der Waals surface area contributed by atoms with Gasteiger partial charge in [0, 0.05) is 12.7 Å². The zero-order valence-electron chi connectivity index (χ0n) is 9.43. The van der Waals surface area contributed by atoms with Crippen molar-refractivity contribution in [2.45, 2.75) is 6.54 Å². The summed E-state index contributed by atoms with van der Waals surface area (Å²) in [6.45, 7) is 0.480. The summed E-state index contributed by atoms with van der Waals surface area (Å²) in [5, 5.41) is 9.11. The van der Waals surface area contributed by atoms with Gasteiger partial charge in [0.05, 0.1) is 18.9 Å². The molecule has 0 spiro atoms. The van der Waals surface area contributed by atoms with Crippen LogP contribution in [0.5, 0.6) is 5.75 Å². The first-order valence-corrected chi connectivity index (χ1v) is 5.19. The van der Waals surface area contributed by atoms with Gasteiger partial charge in [-0.2, -0.15) is 5.10 Å². The van der Waals surface area contributed by atoms with Crippen LogP contribution in [-0.4, -0.2) is 23.2 Å². The zero-order valence-corrected chi connectivity index (χ0v) is 9.43. The molecule has 2 rings (SSSR count). The molecule has 1 heterocycles. The van der Waals surface area contributed by atoms with Crippen LogP contribution in [-0.2, 0) is 6.54 Å². The molecular formula is C12H13N3O2. The van der Waals surface area contributed by atoms with E-state index in [0.29, 0.717) is 12.1 Å². The first-order valence-electron chi connectivity index (χ1n) is 5.19. The van der Waals surface area contributed by atoms with Gasteiger partial charge >= 0.3 is 0 Å². The van der Waals surface area contributed by atoms with Gasteiger partial charge in [0.1, 0.15) is 5.75 Å². The van der Waals surface area contributed by atoms with Crippen LogP contribution in [0.3, 0.4) is 0 Å². The van der Waals surface area contributed by atoms with Gasteiger partial charge < -0.3 is 10.1 Å². The van der Waals surface area contributed by atoms with Crippen molar-refractivity contribution in [3.05, 3.63) is 47.8 Å². The first kappa shape index (κ1) is 11.2. The van der Waals surface area contributed by atoms with Crippen LogP contribution in [0, 0.1) is 0 Å². The average molecular weight is 231 g/mol. The van der Waals surface area contributed by atoms with Crippen molar-refractivity contribution in [1.29, 1.82) is 0 Å². The van der Waals surface area contributed by atoms with Crippen LogP contribution < -0.4 is 10.1 Å². The number of aromatic nitrogens is 2. The summed E-state index contributed by atoms with van der Waals surface area (Å²) in [5.74, 6) is 0.657. The predicted octanol–water partition coefficient (Wildman–Crippen LogP) is 1.35. The molecule has 0 saturated carbocycles. The first-order chi connectivity index (χ1) is 8.29. The Labute approximate surface area is 98.8 Å². The predicted molar refractivity (Wildman–Crippen MR) is 62.8 cm³/mol. The summed E-state index contributed by atoms with van der Waals surface area (Å²) in [6, 6.07) is 7.54. The summed E-state index contributed by atoms with van der Waals surface area (Å²) in [7, 11) is 1.62. The Bertz CT molecular complexity index is 477. The molecule has 0 saturated heterocycles. The van der Waals surface area contributed by atoms with Crippen LogP contribution in [0.15, 0.2) is 36.7 Å².